The number of rotatable bonds is 8. The second-order valence-electron chi connectivity index (χ2n) is 10.5. The maximum Gasteiger partial charge on any atom is 0.311 e. The second-order valence-corrected chi connectivity index (χ2v) is 10.5. The van der Waals surface area contributed by atoms with Crippen molar-refractivity contribution < 1.29 is 28.0 Å². The highest BCUT2D eigenvalue weighted by Crippen LogP contribution is 2.44. The van der Waals surface area contributed by atoms with Gasteiger partial charge in [-0.3, -0.25) is 14.4 Å². The summed E-state index contributed by atoms with van der Waals surface area (Å²) in [6.45, 7) is 0.380. The largest absolute Gasteiger partial charge is 0.467 e. The van der Waals surface area contributed by atoms with Gasteiger partial charge in [0.2, 0.25) is 5.91 Å². The quantitative estimate of drug-likeness (QED) is 0.385. The summed E-state index contributed by atoms with van der Waals surface area (Å²) in [5, 5.41) is 6.14. The predicted molar refractivity (Wildman–Crippen MR) is 146 cm³/mol. The molecule has 40 heavy (non-hydrogen) atoms. The number of fused-ring (bicyclic) bond motifs is 1. The number of carbonyl (C=O) groups excluding carboxylic acids is 3. The van der Waals surface area contributed by atoms with Crippen molar-refractivity contribution >= 4 is 29.6 Å². The van der Waals surface area contributed by atoms with E-state index < -0.39 is 30.4 Å². The highest BCUT2D eigenvalue weighted by molar-refractivity contribution is 6.08. The number of furan rings is 2. The van der Waals surface area contributed by atoms with Gasteiger partial charge >= 0.3 is 5.97 Å². The number of nitrogens with zero attached hydrogens (tertiary/aromatic N) is 3. The van der Waals surface area contributed by atoms with E-state index in [0.717, 1.165) is 41.9 Å². The molecule has 0 radical (unpaired) electrons. The van der Waals surface area contributed by atoms with Crippen molar-refractivity contribution in [1.29, 1.82) is 0 Å². The van der Waals surface area contributed by atoms with Crippen LogP contribution in [0.1, 0.15) is 48.8 Å². The minimum absolute atomic E-state index is 0.0357. The number of carbonyl (C=O) groups is 3. The Kier molecular flexibility index (Phi) is 7.35. The van der Waals surface area contributed by atoms with Crippen molar-refractivity contribution in [3.05, 3.63) is 89.8 Å². The Hall–Kier alpha value is -4.40. The van der Waals surface area contributed by atoms with Crippen LogP contribution < -0.4 is 0 Å². The van der Waals surface area contributed by atoms with Crippen molar-refractivity contribution in [3.8, 4) is 0 Å². The number of benzene rings is 1. The molecular formula is C31H31N3O6. The van der Waals surface area contributed by atoms with Gasteiger partial charge in [-0.2, -0.15) is 5.10 Å². The second kappa shape index (κ2) is 11.4. The molecule has 6 rings (SSSR count). The molecule has 1 saturated carbocycles. The number of amides is 2. The predicted octanol–water partition coefficient (Wildman–Crippen LogP) is 4.63. The van der Waals surface area contributed by atoms with Crippen molar-refractivity contribution in [2.45, 2.75) is 38.1 Å². The fraction of sp³-hybridized carbons (Fsp3) is 0.355. The Balaban J connectivity index is 1.11. The van der Waals surface area contributed by atoms with Gasteiger partial charge < -0.3 is 18.5 Å². The summed E-state index contributed by atoms with van der Waals surface area (Å²) >= 11 is 0. The van der Waals surface area contributed by atoms with E-state index in [9.17, 15) is 14.4 Å². The lowest BCUT2D eigenvalue weighted by Crippen LogP contribution is -2.35. The lowest BCUT2D eigenvalue weighted by molar-refractivity contribution is -0.156. The van der Waals surface area contributed by atoms with Gasteiger partial charge in [-0.25, -0.2) is 5.01 Å². The molecule has 3 atom stereocenters. The lowest BCUT2D eigenvalue weighted by Gasteiger charge is -2.27. The summed E-state index contributed by atoms with van der Waals surface area (Å²) in [7, 11) is 0. The first-order valence-corrected chi connectivity index (χ1v) is 13.7. The van der Waals surface area contributed by atoms with E-state index in [1.807, 2.05) is 54.6 Å². The van der Waals surface area contributed by atoms with Crippen LogP contribution in [0.2, 0.25) is 0 Å². The van der Waals surface area contributed by atoms with Crippen LogP contribution in [0, 0.1) is 11.8 Å². The van der Waals surface area contributed by atoms with Crippen LogP contribution >= 0.6 is 0 Å². The smallest absolute Gasteiger partial charge is 0.311 e. The molecule has 9 heteroatoms. The SMILES string of the molecule is O=C(OCC(=O)N1N=C2/C(=C\c3ccco3)CCC[C@@H]2[C@@H]1c1ccco1)[C@@H]1CC(=O)N(CCc2ccccc2)C1. The number of hydrazone groups is 1. The van der Waals surface area contributed by atoms with Crippen LogP contribution in [-0.2, 0) is 25.5 Å². The maximum absolute atomic E-state index is 13.4. The number of ether oxygens (including phenoxy) is 1. The first kappa shape index (κ1) is 25.9. The van der Waals surface area contributed by atoms with Gasteiger partial charge in [-0.1, -0.05) is 30.3 Å². The Labute approximate surface area is 232 Å². The molecule has 206 valence electrons. The molecule has 0 unspecified atom stereocenters. The normalized spacial score (nSPS) is 23.4. The molecule has 2 aromatic heterocycles. The number of esters is 1. The van der Waals surface area contributed by atoms with Gasteiger partial charge in [0.25, 0.3) is 5.91 Å². The minimum Gasteiger partial charge on any atom is -0.467 e. The van der Waals surface area contributed by atoms with E-state index in [0.29, 0.717) is 25.3 Å². The number of hydrogen-bond acceptors (Lipinski definition) is 7. The van der Waals surface area contributed by atoms with Crippen LogP contribution in [0.15, 0.2) is 86.6 Å². The highest BCUT2D eigenvalue weighted by atomic mass is 16.5. The maximum atomic E-state index is 13.4. The topological polar surface area (TPSA) is 106 Å². The van der Waals surface area contributed by atoms with Gasteiger partial charge in [0.15, 0.2) is 6.61 Å². The molecule has 0 bridgehead atoms. The van der Waals surface area contributed by atoms with E-state index in [4.69, 9.17) is 18.7 Å². The van der Waals surface area contributed by atoms with Gasteiger partial charge in [0, 0.05) is 25.4 Å². The minimum atomic E-state index is -0.591. The summed E-state index contributed by atoms with van der Waals surface area (Å²) in [6, 6.07) is 16.8. The van der Waals surface area contributed by atoms with Crippen LogP contribution in [-0.4, -0.2) is 53.1 Å². The zero-order chi connectivity index (χ0) is 27.5. The fourth-order valence-electron chi connectivity index (χ4n) is 5.86. The standard InChI is InChI=1S/C31H31N3O6/c35-27-18-23(19-33(27)14-13-21-7-2-1-3-8-21)31(37)40-20-28(36)34-30(26-12-6-16-39-26)25-11-4-9-22(29(25)32-34)17-24-10-5-15-38-24/h1-3,5-8,10,12,15-17,23,25,30H,4,9,11,13-14,18-20H2/b22-17-/t23-,25+,30-/m1/s1. The first-order chi connectivity index (χ1) is 19.6. The molecular weight excluding hydrogens is 510 g/mol. The fourth-order valence-corrected chi connectivity index (χ4v) is 5.86. The van der Waals surface area contributed by atoms with Crippen LogP contribution in [0.4, 0.5) is 0 Å². The van der Waals surface area contributed by atoms with E-state index >= 15 is 0 Å². The monoisotopic (exact) mass is 541 g/mol. The average molecular weight is 542 g/mol. The van der Waals surface area contributed by atoms with E-state index in [-0.39, 0.29) is 18.2 Å². The zero-order valence-corrected chi connectivity index (χ0v) is 22.1. The van der Waals surface area contributed by atoms with Gasteiger partial charge in [0.05, 0.1) is 24.2 Å². The zero-order valence-electron chi connectivity index (χ0n) is 22.1. The van der Waals surface area contributed by atoms with Crippen LogP contribution in [0.5, 0.6) is 0 Å². The summed E-state index contributed by atoms with van der Waals surface area (Å²) < 4.78 is 16.7. The molecule has 2 amide bonds. The lowest BCUT2D eigenvalue weighted by atomic mass is 9.79. The summed E-state index contributed by atoms with van der Waals surface area (Å²) in [5.74, 6) is -0.305. The Morgan fingerprint density at radius 2 is 1.88 bits per heavy atom. The van der Waals surface area contributed by atoms with Gasteiger partial charge in [-0.05, 0) is 67.2 Å². The summed E-state index contributed by atoms with van der Waals surface area (Å²) in [5.41, 5.74) is 2.99. The molecule has 4 heterocycles. The Morgan fingerprint density at radius 1 is 1.05 bits per heavy atom. The molecule has 2 fully saturated rings. The third kappa shape index (κ3) is 5.36. The molecule has 0 spiro atoms. The molecule has 3 aromatic rings. The van der Waals surface area contributed by atoms with E-state index in [2.05, 4.69) is 0 Å². The van der Waals surface area contributed by atoms with Gasteiger partial charge in [-0.15, -0.1) is 0 Å². The number of allylic oxidation sites excluding steroid dienone is 1. The average Bonchev–Trinajstić information content (AvgIpc) is 3.78. The van der Waals surface area contributed by atoms with Crippen molar-refractivity contribution in [2.75, 3.05) is 19.7 Å². The van der Waals surface area contributed by atoms with E-state index in [1.54, 1.807) is 23.5 Å². The molecule has 0 N–H and O–H groups in total. The molecule has 1 saturated heterocycles. The summed E-state index contributed by atoms with van der Waals surface area (Å²) in [4.78, 5) is 40.5. The third-order valence-corrected chi connectivity index (χ3v) is 7.85. The molecule has 1 aromatic carbocycles. The molecule has 9 nitrogen and oxygen atoms in total. The number of hydrogen-bond donors (Lipinski definition) is 0. The third-order valence-electron chi connectivity index (χ3n) is 7.85. The van der Waals surface area contributed by atoms with Crippen molar-refractivity contribution in [2.24, 2.45) is 16.9 Å². The van der Waals surface area contributed by atoms with Crippen molar-refractivity contribution in [1.82, 2.24) is 9.91 Å². The Morgan fingerprint density at radius 3 is 2.65 bits per heavy atom. The molecule has 3 aliphatic rings. The van der Waals surface area contributed by atoms with Crippen LogP contribution in [0.3, 0.4) is 0 Å². The first-order valence-electron chi connectivity index (χ1n) is 13.7. The summed E-state index contributed by atoms with van der Waals surface area (Å²) in [6.07, 6.45) is 8.61. The molecule has 2 aliphatic heterocycles. The van der Waals surface area contributed by atoms with E-state index in [1.165, 1.54) is 5.01 Å². The number of likely N-dealkylation sites (tertiary alicyclic amines) is 1. The van der Waals surface area contributed by atoms with Crippen molar-refractivity contribution in [3.63, 3.8) is 0 Å². The van der Waals surface area contributed by atoms with Gasteiger partial charge in [0.1, 0.15) is 17.6 Å². The van der Waals surface area contributed by atoms with Crippen LogP contribution in [0.25, 0.3) is 6.08 Å². The Bertz CT molecular complexity index is 1410. The molecule has 1 aliphatic carbocycles. The highest BCUT2D eigenvalue weighted by Gasteiger charge is 2.45.